The molecule has 0 saturated carbocycles. The van der Waals surface area contributed by atoms with Crippen LogP contribution in [0.4, 0.5) is 17.1 Å². The molecule has 0 spiro atoms. The molecule has 0 aromatic heterocycles. The van der Waals surface area contributed by atoms with Crippen molar-refractivity contribution in [2.24, 2.45) is 5.92 Å². The van der Waals surface area contributed by atoms with Gasteiger partial charge in [0.25, 0.3) is 10.0 Å². The Morgan fingerprint density at radius 2 is 1.94 bits per heavy atom. The lowest BCUT2D eigenvalue weighted by atomic mass is 9.77. The van der Waals surface area contributed by atoms with E-state index in [1.807, 2.05) is 31.2 Å². The van der Waals surface area contributed by atoms with Crippen LogP contribution in [0.5, 0.6) is 5.75 Å². The number of nitrogens with zero attached hydrogens (tertiary/aromatic N) is 1. The molecule has 3 aromatic rings. The average Bonchev–Trinajstić information content (AvgIpc) is 3.38. The van der Waals surface area contributed by atoms with Gasteiger partial charge in [0.1, 0.15) is 0 Å². The van der Waals surface area contributed by atoms with Gasteiger partial charge in [-0.1, -0.05) is 43.3 Å². The van der Waals surface area contributed by atoms with Gasteiger partial charge < -0.3 is 10.1 Å². The smallest absolute Gasteiger partial charge is 0.311 e. The molecule has 8 nitrogen and oxygen atoms in total. The van der Waals surface area contributed by atoms with Crippen LogP contribution in [0, 0.1) is 16.0 Å². The number of methoxy groups -OCH3 is 1. The third kappa shape index (κ3) is 4.19. The standard InChI is InChI=1S/C27H27N3O5S/c1-3-17-7-4-5-10-23(17)29-36(33,34)19-12-13-24-22(16-19)20-8-6-9-21(20)27(28-24)18-11-14-26(35-2)25(15-18)30(31)32/h4-8,10-16,20-21,27-29H,3,9H2,1-2H3/t20-,21+,27+/m0/s1. The second-order valence-corrected chi connectivity index (χ2v) is 10.7. The molecule has 1 heterocycles. The van der Waals surface area contributed by atoms with E-state index in [-0.39, 0.29) is 34.2 Å². The number of para-hydroxylation sites is 1. The highest BCUT2D eigenvalue weighted by Crippen LogP contribution is 2.51. The lowest BCUT2D eigenvalue weighted by Gasteiger charge is -2.37. The lowest BCUT2D eigenvalue weighted by molar-refractivity contribution is -0.385. The van der Waals surface area contributed by atoms with Crippen LogP contribution in [0.2, 0.25) is 0 Å². The quantitative estimate of drug-likeness (QED) is 0.239. The Morgan fingerprint density at radius 3 is 2.69 bits per heavy atom. The second-order valence-electron chi connectivity index (χ2n) is 9.03. The van der Waals surface area contributed by atoms with Crippen LogP contribution in [0.15, 0.2) is 77.7 Å². The molecule has 0 unspecified atom stereocenters. The summed E-state index contributed by atoms with van der Waals surface area (Å²) in [6.45, 7) is 1.98. The highest BCUT2D eigenvalue weighted by Gasteiger charge is 2.39. The minimum Gasteiger partial charge on any atom is -0.490 e. The molecule has 1 aliphatic heterocycles. The van der Waals surface area contributed by atoms with Crippen molar-refractivity contribution < 1.29 is 18.1 Å². The Kier molecular flexibility index (Phi) is 6.17. The van der Waals surface area contributed by atoms with Crippen molar-refractivity contribution in [1.82, 2.24) is 0 Å². The first kappa shape index (κ1) is 23.9. The number of rotatable bonds is 7. The van der Waals surface area contributed by atoms with Gasteiger partial charge in [-0.15, -0.1) is 0 Å². The number of anilines is 2. The van der Waals surface area contributed by atoms with Crippen LogP contribution in [0.25, 0.3) is 0 Å². The molecule has 3 atom stereocenters. The van der Waals surface area contributed by atoms with Gasteiger partial charge in [0.2, 0.25) is 0 Å². The van der Waals surface area contributed by atoms with E-state index in [1.54, 1.807) is 36.4 Å². The summed E-state index contributed by atoms with van der Waals surface area (Å²) in [7, 11) is -2.38. The summed E-state index contributed by atoms with van der Waals surface area (Å²) >= 11 is 0. The van der Waals surface area contributed by atoms with E-state index in [4.69, 9.17) is 4.74 Å². The van der Waals surface area contributed by atoms with E-state index in [0.717, 1.165) is 28.8 Å². The molecule has 186 valence electrons. The highest BCUT2D eigenvalue weighted by atomic mass is 32.2. The van der Waals surface area contributed by atoms with Crippen molar-refractivity contribution in [2.75, 3.05) is 17.1 Å². The van der Waals surface area contributed by atoms with E-state index in [1.165, 1.54) is 7.11 Å². The summed E-state index contributed by atoms with van der Waals surface area (Å²) in [5.41, 5.74) is 3.94. The zero-order valence-electron chi connectivity index (χ0n) is 20.0. The number of sulfonamides is 1. The van der Waals surface area contributed by atoms with Crippen molar-refractivity contribution in [1.29, 1.82) is 0 Å². The van der Waals surface area contributed by atoms with Crippen LogP contribution >= 0.6 is 0 Å². The largest absolute Gasteiger partial charge is 0.490 e. The van der Waals surface area contributed by atoms with E-state index >= 15 is 0 Å². The van der Waals surface area contributed by atoms with E-state index in [9.17, 15) is 18.5 Å². The fourth-order valence-corrected chi connectivity index (χ4v) is 6.38. The maximum Gasteiger partial charge on any atom is 0.311 e. The van der Waals surface area contributed by atoms with Gasteiger partial charge in [0.05, 0.1) is 28.7 Å². The number of allylic oxidation sites excluding steroid dienone is 2. The van der Waals surface area contributed by atoms with E-state index in [0.29, 0.717) is 12.1 Å². The topological polar surface area (TPSA) is 111 Å². The summed E-state index contributed by atoms with van der Waals surface area (Å²) in [6.07, 6.45) is 5.69. The van der Waals surface area contributed by atoms with Gasteiger partial charge in [-0.3, -0.25) is 14.8 Å². The predicted molar refractivity (Wildman–Crippen MR) is 139 cm³/mol. The molecule has 2 aliphatic rings. The molecule has 36 heavy (non-hydrogen) atoms. The van der Waals surface area contributed by atoms with Gasteiger partial charge in [-0.25, -0.2) is 8.42 Å². The summed E-state index contributed by atoms with van der Waals surface area (Å²) in [5.74, 6) is 0.302. The summed E-state index contributed by atoms with van der Waals surface area (Å²) < 4.78 is 34.4. The van der Waals surface area contributed by atoms with Crippen LogP contribution in [-0.4, -0.2) is 20.5 Å². The number of nitrogens with one attached hydrogen (secondary N) is 2. The molecule has 0 fully saturated rings. The number of nitro benzene ring substituents is 1. The van der Waals surface area contributed by atoms with Gasteiger partial charge in [-0.05, 0) is 65.8 Å². The van der Waals surface area contributed by atoms with Crippen LogP contribution in [0.1, 0.15) is 42.0 Å². The molecule has 0 saturated heterocycles. The molecule has 0 amide bonds. The Morgan fingerprint density at radius 1 is 1.14 bits per heavy atom. The fourth-order valence-electron chi connectivity index (χ4n) is 5.24. The number of hydrogen-bond donors (Lipinski definition) is 2. The molecule has 3 aromatic carbocycles. The lowest BCUT2D eigenvalue weighted by Crippen LogP contribution is -2.29. The van der Waals surface area contributed by atoms with Crippen molar-refractivity contribution in [2.45, 2.75) is 36.6 Å². The minimum atomic E-state index is -3.79. The summed E-state index contributed by atoms with van der Waals surface area (Å²) in [5, 5.41) is 15.1. The molecular weight excluding hydrogens is 478 g/mol. The first-order chi connectivity index (χ1) is 17.3. The molecule has 0 bridgehead atoms. The molecular formula is C27H27N3O5S. The Balaban J connectivity index is 1.49. The zero-order chi connectivity index (χ0) is 25.4. The first-order valence-electron chi connectivity index (χ1n) is 11.8. The minimum absolute atomic E-state index is 0.00881. The maximum atomic E-state index is 13.3. The Labute approximate surface area is 210 Å². The number of nitro groups is 1. The molecule has 0 radical (unpaired) electrons. The number of fused-ring (bicyclic) bond motifs is 3. The normalized spacial score (nSPS) is 20.2. The first-order valence-corrected chi connectivity index (χ1v) is 13.3. The van der Waals surface area contributed by atoms with Crippen LogP contribution < -0.4 is 14.8 Å². The van der Waals surface area contributed by atoms with Crippen molar-refractivity contribution >= 4 is 27.1 Å². The third-order valence-corrected chi connectivity index (χ3v) is 8.41. The second kappa shape index (κ2) is 9.31. The predicted octanol–water partition coefficient (Wildman–Crippen LogP) is 5.79. The van der Waals surface area contributed by atoms with Crippen LogP contribution in [-0.2, 0) is 16.4 Å². The van der Waals surface area contributed by atoms with Crippen molar-refractivity contribution in [3.05, 3.63) is 99.6 Å². The number of aryl methyl sites for hydroxylation is 1. The maximum absolute atomic E-state index is 13.3. The molecule has 9 heteroatoms. The molecule has 5 rings (SSSR count). The average molecular weight is 506 g/mol. The Hall–Kier alpha value is -3.85. The van der Waals surface area contributed by atoms with Crippen LogP contribution in [0.3, 0.4) is 0 Å². The SMILES string of the molecule is CCc1ccccc1NS(=O)(=O)c1ccc2c(c1)[C@H]1C=CC[C@H]1[C@@H](c1ccc(OC)c([N+](=O)[O-])c1)N2. The van der Waals surface area contributed by atoms with Gasteiger partial charge >= 0.3 is 5.69 Å². The monoisotopic (exact) mass is 505 g/mol. The molecule has 2 N–H and O–H groups in total. The number of hydrogen-bond acceptors (Lipinski definition) is 6. The highest BCUT2D eigenvalue weighted by molar-refractivity contribution is 7.92. The summed E-state index contributed by atoms with van der Waals surface area (Å²) in [4.78, 5) is 11.3. The van der Waals surface area contributed by atoms with Gasteiger partial charge in [0, 0.05) is 17.7 Å². The van der Waals surface area contributed by atoms with Gasteiger partial charge in [-0.2, -0.15) is 0 Å². The summed E-state index contributed by atoms with van der Waals surface area (Å²) in [6, 6.07) is 17.3. The number of ether oxygens (including phenoxy) is 1. The fraction of sp³-hybridized carbons (Fsp3) is 0.259. The third-order valence-electron chi connectivity index (χ3n) is 7.05. The van der Waals surface area contributed by atoms with Crippen molar-refractivity contribution in [3.8, 4) is 5.75 Å². The van der Waals surface area contributed by atoms with Gasteiger partial charge in [0.15, 0.2) is 5.75 Å². The van der Waals surface area contributed by atoms with E-state index < -0.39 is 14.9 Å². The molecule has 1 aliphatic carbocycles. The van der Waals surface area contributed by atoms with E-state index in [2.05, 4.69) is 22.2 Å². The Bertz CT molecular complexity index is 1470. The van der Waals surface area contributed by atoms with Crippen molar-refractivity contribution in [3.63, 3.8) is 0 Å². The zero-order valence-corrected chi connectivity index (χ0v) is 20.8. The number of benzene rings is 3.